The zero-order valence-corrected chi connectivity index (χ0v) is 16.4. The molecule has 4 aliphatic rings. The summed E-state index contributed by atoms with van der Waals surface area (Å²) in [6.45, 7) is 0. The summed E-state index contributed by atoms with van der Waals surface area (Å²) >= 11 is 0. The highest BCUT2D eigenvalue weighted by atomic mass is 19.1. The van der Waals surface area contributed by atoms with Crippen LogP contribution in [0.4, 0.5) is 10.1 Å². The minimum absolute atomic E-state index is 0.141. The monoisotopic (exact) mass is 415 g/mol. The smallest absolute Gasteiger partial charge is 0.291 e. The Morgan fingerprint density at radius 1 is 1.20 bits per heavy atom. The van der Waals surface area contributed by atoms with Crippen molar-refractivity contribution in [1.82, 2.24) is 4.90 Å². The van der Waals surface area contributed by atoms with Gasteiger partial charge in [-0.2, -0.15) is 0 Å². The second-order valence-electron chi connectivity index (χ2n) is 8.86. The fourth-order valence-corrected chi connectivity index (χ4v) is 6.08. The average Bonchev–Trinajstić information content (AvgIpc) is 3.27. The number of carbonyl (C=O) groups is 4. The number of halogens is 1. The van der Waals surface area contributed by atoms with Crippen molar-refractivity contribution in [3.63, 3.8) is 0 Å². The fraction of sp³-hybridized carbons (Fsp3) is 0.524. The molecule has 4 atom stereocenters. The van der Waals surface area contributed by atoms with E-state index in [1.165, 1.54) is 23.1 Å². The molecule has 1 spiro atoms. The molecule has 8 nitrogen and oxygen atoms in total. The number of benzene rings is 1. The summed E-state index contributed by atoms with van der Waals surface area (Å²) in [5.41, 5.74) is 4.72. The number of carbonyl (C=O) groups excluding carboxylic acids is 4. The average molecular weight is 415 g/mol. The summed E-state index contributed by atoms with van der Waals surface area (Å²) in [4.78, 5) is 53.3. The molecule has 9 heteroatoms. The molecule has 3 fully saturated rings. The Labute approximate surface area is 172 Å². The third kappa shape index (κ3) is 2.47. The molecule has 0 radical (unpaired) electrons. The van der Waals surface area contributed by atoms with Gasteiger partial charge in [-0.25, -0.2) is 4.39 Å². The lowest BCUT2D eigenvalue weighted by atomic mass is 9.76. The first-order chi connectivity index (χ1) is 14.3. The molecular formula is C21H24FN4O4+. The Hall–Kier alpha value is -2.81. The SMILES string of the molecule is NC(=O)C[C@H]1[NH2+][C@]2(C(=O)Nc3ccc(F)cc32)[C@@H]2C(=O)N(C3CCCCC3)C(=O)[C@@H]21. The van der Waals surface area contributed by atoms with Gasteiger partial charge in [0, 0.05) is 11.6 Å². The van der Waals surface area contributed by atoms with Crippen molar-refractivity contribution in [3.05, 3.63) is 29.6 Å². The van der Waals surface area contributed by atoms with Crippen LogP contribution in [0.25, 0.3) is 0 Å². The number of hydrogen-bond donors (Lipinski definition) is 3. The van der Waals surface area contributed by atoms with Crippen LogP contribution in [-0.2, 0) is 24.7 Å². The second-order valence-corrected chi connectivity index (χ2v) is 8.86. The summed E-state index contributed by atoms with van der Waals surface area (Å²) in [7, 11) is 0. The molecule has 1 saturated carbocycles. The summed E-state index contributed by atoms with van der Waals surface area (Å²) in [6, 6.07) is 3.10. The standard InChI is InChI=1S/C21H23FN4O4/c22-10-6-7-13-12(8-10)21(20(30)24-13)17-16(14(25-21)9-15(23)27)18(28)26(19(17)29)11-4-2-1-3-5-11/h6-8,11,14,16-17,25H,1-5,9H2,(H2,23,27)(H,24,30)/p+1/t14-,16-,17+,21+/m1/s1. The number of nitrogens with zero attached hydrogens (tertiary/aromatic N) is 1. The highest BCUT2D eigenvalue weighted by Crippen LogP contribution is 2.50. The van der Waals surface area contributed by atoms with Crippen molar-refractivity contribution in [2.24, 2.45) is 17.6 Å². The molecule has 4 amide bonds. The minimum Gasteiger partial charge on any atom is -0.369 e. The first-order valence-corrected chi connectivity index (χ1v) is 10.5. The largest absolute Gasteiger partial charge is 0.369 e. The van der Waals surface area contributed by atoms with Gasteiger partial charge in [-0.05, 0) is 31.0 Å². The van der Waals surface area contributed by atoms with Crippen molar-refractivity contribution in [1.29, 1.82) is 0 Å². The van der Waals surface area contributed by atoms with Gasteiger partial charge in [0.15, 0.2) is 0 Å². The van der Waals surface area contributed by atoms with Gasteiger partial charge >= 0.3 is 0 Å². The molecule has 3 heterocycles. The van der Waals surface area contributed by atoms with Crippen LogP contribution >= 0.6 is 0 Å². The minimum atomic E-state index is -1.47. The number of anilines is 1. The zero-order valence-electron chi connectivity index (χ0n) is 16.4. The third-order valence-corrected chi connectivity index (χ3v) is 7.24. The van der Waals surface area contributed by atoms with Gasteiger partial charge in [0.05, 0.1) is 12.1 Å². The van der Waals surface area contributed by atoms with Gasteiger partial charge in [0.25, 0.3) is 5.91 Å². The number of primary amides is 1. The van der Waals surface area contributed by atoms with Gasteiger partial charge in [-0.1, -0.05) is 19.3 Å². The van der Waals surface area contributed by atoms with Crippen molar-refractivity contribution >= 4 is 29.3 Å². The maximum atomic E-state index is 14.1. The Morgan fingerprint density at radius 3 is 2.63 bits per heavy atom. The van der Waals surface area contributed by atoms with Gasteiger partial charge in [-0.3, -0.25) is 24.1 Å². The molecule has 0 bridgehead atoms. The first kappa shape index (κ1) is 19.2. The van der Waals surface area contributed by atoms with E-state index < -0.39 is 47.0 Å². The molecule has 3 aliphatic heterocycles. The molecule has 158 valence electrons. The Morgan fingerprint density at radius 2 is 1.93 bits per heavy atom. The van der Waals surface area contributed by atoms with Crippen LogP contribution in [0.3, 0.4) is 0 Å². The van der Waals surface area contributed by atoms with E-state index in [0.717, 1.165) is 32.1 Å². The van der Waals surface area contributed by atoms with Gasteiger partial charge < -0.3 is 16.4 Å². The van der Waals surface area contributed by atoms with E-state index >= 15 is 0 Å². The fourth-order valence-electron chi connectivity index (χ4n) is 6.08. The highest BCUT2D eigenvalue weighted by molar-refractivity contribution is 6.14. The zero-order chi connectivity index (χ0) is 21.2. The van der Waals surface area contributed by atoms with Crippen LogP contribution in [0, 0.1) is 17.7 Å². The second kappa shape index (κ2) is 6.60. The van der Waals surface area contributed by atoms with E-state index in [2.05, 4.69) is 5.32 Å². The Kier molecular flexibility index (Phi) is 4.22. The highest BCUT2D eigenvalue weighted by Gasteiger charge is 2.74. The number of nitrogens with two attached hydrogens (primary N) is 2. The van der Waals surface area contributed by atoms with E-state index in [4.69, 9.17) is 5.73 Å². The summed E-state index contributed by atoms with van der Waals surface area (Å²) in [5, 5.41) is 4.34. The van der Waals surface area contributed by atoms with Crippen molar-refractivity contribution in [3.8, 4) is 0 Å². The Balaban J connectivity index is 1.63. The Bertz CT molecular complexity index is 976. The number of hydrogen-bond acceptors (Lipinski definition) is 4. The predicted molar refractivity (Wildman–Crippen MR) is 102 cm³/mol. The van der Waals surface area contributed by atoms with E-state index in [1.54, 1.807) is 5.32 Å². The van der Waals surface area contributed by atoms with E-state index in [0.29, 0.717) is 11.3 Å². The van der Waals surface area contributed by atoms with Crippen LogP contribution in [0.2, 0.25) is 0 Å². The van der Waals surface area contributed by atoms with Crippen LogP contribution in [-0.4, -0.2) is 40.6 Å². The summed E-state index contributed by atoms with van der Waals surface area (Å²) in [5.74, 6) is -4.17. The number of quaternary nitrogens is 1. The van der Waals surface area contributed by atoms with Crippen molar-refractivity contribution < 1.29 is 28.9 Å². The number of nitrogens with one attached hydrogen (secondary N) is 1. The molecular weight excluding hydrogens is 391 g/mol. The molecule has 30 heavy (non-hydrogen) atoms. The molecule has 5 N–H and O–H groups in total. The number of rotatable bonds is 3. The molecule has 5 rings (SSSR count). The lowest BCUT2D eigenvalue weighted by Gasteiger charge is -2.32. The number of imide groups is 1. The molecule has 2 saturated heterocycles. The third-order valence-electron chi connectivity index (χ3n) is 7.24. The summed E-state index contributed by atoms with van der Waals surface area (Å²) < 4.78 is 14.1. The van der Waals surface area contributed by atoms with E-state index in [1.807, 2.05) is 0 Å². The van der Waals surface area contributed by atoms with E-state index in [9.17, 15) is 23.6 Å². The van der Waals surface area contributed by atoms with Crippen LogP contribution in [0.5, 0.6) is 0 Å². The topological polar surface area (TPSA) is 126 Å². The van der Waals surface area contributed by atoms with Crippen LogP contribution in [0.1, 0.15) is 44.1 Å². The van der Waals surface area contributed by atoms with E-state index in [-0.39, 0.29) is 18.4 Å². The van der Waals surface area contributed by atoms with Gasteiger partial charge in [0.2, 0.25) is 23.3 Å². The maximum Gasteiger partial charge on any atom is 0.291 e. The molecule has 0 aromatic heterocycles. The number of fused-ring (bicyclic) bond motifs is 4. The number of likely N-dealkylation sites (tertiary alicyclic amines) is 1. The first-order valence-electron chi connectivity index (χ1n) is 10.5. The molecule has 0 unspecified atom stereocenters. The van der Waals surface area contributed by atoms with Crippen molar-refractivity contribution in [2.45, 2.75) is 56.1 Å². The normalized spacial score (nSPS) is 33.2. The molecule has 1 aliphatic carbocycles. The van der Waals surface area contributed by atoms with Gasteiger partial charge in [-0.15, -0.1) is 0 Å². The quantitative estimate of drug-likeness (QED) is 0.588. The lowest BCUT2D eigenvalue weighted by molar-refractivity contribution is -0.732. The molecule has 1 aromatic carbocycles. The lowest BCUT2D eigenvalue weighted by Crippen LogP contribution is -2.99. The van der Waals surface area contributed by atoms with Gasteiger partial charge in [0.1, 0.15) is 23.7 Å². The van der Waals surface area contributed by atoms with Crippen LogP contribution in [0.15, 0.2) is 18.2 Å². The van der Waals surface area contributed by atoms with Crippen LogP contribution < -0.4 is 16.4 Å². The maximum absolute atomic E-state index is 14.1. The van der Waals surface area contributed by atoms with Crippen molar-refractivity contribution in [2.75, 3.05) is 5.32 Å². The summed E-state index contributed by atoms with van der Waals surface area (Å²) in [6.07, 6.45) is 4.28. The number of amides is 4. The molecule has 1 aromatic rings. The predicted octanol–water partition coefficient (Wildman–Crippen LogP) is -0.272.